The van der Waals surface area contributed by atoms with Crippen molar-refractivity contribution in [2.75, 3.05) is 11.9 Å². The molecule has 17 heavy (non-hydrogen) atoms. The summed E-state index contributed by atoms with van der Waals surface area (Å²) >= 11 is 0. The molecule has 0 aliphatic heterocycles. The molecular weight excluding hydrogens is 226 g/mol. The first kappa shape index (κ1) is 12.8. The van der Waals surface area contributed by atoms with Gasteiger partial charge in [0, 0.05) is 23.9 Å². The molecule has 1 amide bonds. The van der Waals surface area contributed by atoms with Gasteiger partial charge in [0.1, 0.15) is 11.5 Å². The zero-order valence-electron chi connectivity index (χ0n) is 9.27. The van der Waals surface area contributed by atoms with E-state index in [9.17, 15) is 9.59 Å². The number of esters is 1. The standard InChI is InChI=1S/C11H13NO5/c1-2-3-17-11(16)10(15)12-7-4-8(13)6-9(14)5-7/h4-6,13-14H,2-3H2,1H3,(H,12,15). The summed E-state index contributed by atoms with van der Waals surface area (Å²) in [6.45, 7) is 1.97. The second-order valence-corrected chi connectivity index (χ2v) is 3.33. The third kappa shape index (κ3) is 4.02. The molecule has 6 heteroatoms. The van der Waals surface area contributed by atoms with Crippen molar-refractivity contribution < 1.29 is 24.5 Å². The van der Waals surface area contributed by atoms with Crippen molar-refractivity contribution in [1.82, 2.24) is 0 Å². The Bertz CT molecular complexity index is 410. The summed E-state index contributed by atoms with van der Waals surface area (Å²) < 4.78 is 4.61. The fourth-order valence-corrected chi connectivity index (χ4v) is 1.11. The van der Waals surface area contributed by atoms with Gasteiger partial charge in [0.25, 0.3) is 0 Å². The minimum Gasteiger partial charge on any atom is -0.508 e. The topological polar surface area (TPSA) is 95.9 Å². The molecule has 0 heterocycles. The van der Waals surface area contributed by atoms with Gasteiger partial charge < -0.3 is 20.3 Å². The van der Waals surface area contributed by atoms with E-state index < -0.39 is 11.9 Å². The van der Waals surface area contributed by atoms with Crippen molar-refractivity contribution in [1.29, 1.82) is 0 Å². The van der Waals surface area contributed by atoms with Crippen LogP contribution < -0.4 is 5.32 Å². The minimum absolute atomic E-state index is 0.112. The van der Waals surface area contributed by atoms with Crippen LogP contribution in [0.25, 0.3) is 0 Å². The van der Waals surface area contributed by atoms with Crippen molar-refractivity contribution in [2.45, 2.75) is 13.3 Å². The molecule has 0 atom stereocenters. The Balaban J connectivity index is 2.64. The molecular formula is C11H13NO5. The summed E-state index contributed by atoms with van der Waals surface area (Å²) in [4.78, 5) is 22.4. The number of hydrogen-bond acceptors (Lipinski definition) is 5. The van der Waals surface area contributed by atoms with E-state index in [1.807, 2.05) is 0 Å². The van der Waals surface area contributed by atoms with E-state index in [1.54, 1.807) is 6.92 Å². The van der Waals surface area contributed by atoms with Crippen molar-refractivity contribution in [2.24, 2.45) is 0 Å². The molecule has 0 aliphatic carbocycles. The van der Waals surface area contributed by atoms with Gasteiger partial charge in [-0.25, -0.2) is 4.79 Å². The highest BCUT2D eigenvalue weighted by Gasteiger charge is 2.15. The number of hydrogen-bond donors (Lipinski definition) is 3. The van der Waals surface area contributed by atoms with Crippen LogP contribution >= 0.6 is 0 Å². The van der Waals surface area contributed by atoms with Crippen LogP contribution in [0.1, 0.15) is 13.3 Å². The summed E-state index contributed by atoms with van der Waals surface area (Å²) in [6.07, 6.45) is 0.617. The van der Waals surface area contributed by atoms with Gasteiger partial charge in [-0.15, -0.1) is 0 Å². The van der Waals surface area contributed by atoms with Gasteiger partial charge in [-0.2, -0.15) is 0 Å². The second-order valence-electron chi connectivity index (χ2n) is 3.33. The second kappa shape index (κ2) is 5.74. The largest absolute Gasteiger partial charge is 0.508 e. The van der Waals surface area contributed by atoms with E-state index in [1.165, 1.54) is 12.1 Å². The lowest BCUT2D eigenvalue weighted by Gasteiger charge is -2.06. The highest BCUT2D eigenvalue weighted by atomic mass is 16.5. The first-order chi connectivity index (χ1) is 8.02. The van der Waals surface area contributed by atoms with Crippen LogP contribution in [-0.2, 0) is 14.3 Å². The number of carbonyl (C=O) groups excluding carboxylic acids is 2. The maximum absolute atomic E-state index is 11.3. The number of benzene rings is 1. The lowest BCUT2D eigenvalue weighted by molar-refractivity contribution is -0.152. The number of ether oxygens (including phenoxy) is 1. The number of nitrogens with one attached hydrogen (secondary N) is 1. The Hall–Kier alpha value is -2.24. The number of amides is 1. The number of rotatable bonds is 3. The van der Waals surface area contributed by atoms with Crippen molar-refractivity contribution in [3.8, 4) is 11.5 Å². The molecule has 0 unspecified atom stereocenters. The number of phenolic OH excluding ortho intramolecular Hbond substituents is 2. The third-order valence-corrected chi connectivity index (χ3v) is 1.78. The molecule has 1 aromatic rings. The van der Waals surface area contributed by atoms with Crippen LogP contribution in [0.4, 0.5) is 5.69 Å². The van der Waals surface area contributed by atoms with Crippen molar-refractivity contribution in [3.63, 3.8) is 0 Å². The summed E-state index contributed by atoms with van der Waals surface area (Å²) in [7, 11) is 0. The van der Waals surface area contributed by atoms with Gasteiger partial charge in [-0.1, -0.05) is 6.92 Å². The van der Waals surface area contributed by atoms with E-state index in [0.29, 0.717) is 6.42 Å². The predicted octanol–water partition coefficient (Wildman–Crippen LogP) is 0.989. The average Bonchev–Trinajstić information content (AvgIpc) is 2.24. The Morgan fingerprint density at radius 2 is 1.82 bits per heavy atom. The van der Waals surface area contributed by atoms with Crippen LogP contribution in [0.3, 0.4) is 0 Å². The fourth-order valence-electron chi connectivity index (χ4n) is 1.11. The fraction of sp³-hybridized carbons (Fsp3) is 0.273. The molecule has 0 spiro atoms. The third-order valence-electron chi connectivity index (χ3n) is 1.78. The first-order valence-electron chi connectivity index (χ1n) is 5.04. The Labute approximate surface area is 97.8 Å². The average molecular weight is 239 g/mol. The van der Waals surface area contributed by atoms with E-state index in [-0.39, 0.29) is 23.8 Å². The molecule has 3 N–H and O–H groups in total. The monoisotopic (exact) mass is 239 g/mol. The van der Waals surface area contributed by atoms with Gasteiger partial charge in [0.2, 0.25) is 0 Å². The molecule has 92 valence electrons. The van der Waals surface area contributed by atoms with Crippen LogP contribution in [0.5, 0.6) is 11.5 Å². The molecule has 0 saturated carbocycles. The van der Waals surface area contributed by atoms with E-state index in [0.717, 1.165) is 6.07 Å². The highest BCUT2D eigenvalue weighted by molar-refractivity contribution is 6.37. The Kier molecular flexibility index (Phi) is 4.33. The summed E-state index contributed by atoms with van der Waals surface area (Å²) in [5, 5.41) is 20.5. The number of phenols is 2. The van der Waals surface area contributed by atoms with Gasteiger partial charge in [-0.3, -0.25) is 4.79 Å². The maximum Gasteiger partial charge on any atom is 0.397 e. The maximum atomic E-state index is 11.3. The Morgan fingerprint density at radius 1 is 1.24 bits per heavy atom. The van der Waals surface area contributed by atoms with Crippen LogP contribution in [0.2, 0.25) is 0 Å². The summed E-state index contributed by atoms with van der Waals surface area (Å²) in [5.41, 5.74) is 0.112. The SMILES string of the molecule is CCCOC(=O)C(=O)Nc1cc(O)cc(O)c1. The van der Waals surface area contributed by atoms with E-state index in [2.05, 4.69) is 10.1 Å². The van der Waals surface area contributed by atoms with Crippen LogP contribution in [-0.4, -0.2) is 28.7 Å². The predicted molar refractivity (Wildman–Crippen MR) is 59.7 cm³/mol. The lowest BCUT2D eigenvalue weighted by atomic mass is 10.3. The van der Waals surface area contributed by atoms with Crippen molar-refractivity contribution >= 4 is 17.6 Å². The molecule has 0 aromatic heterocycles. The molecule has 1 aromatic carbocycles. The van der Waals surface area contributed by atoms with Gasteiger partial charge in [0.15, 0.2) is 0 Å². The van der Waals surface area contributed by atoms with E-state index >= 15 is 0 Å². The molecule has 0 radical (unpaired) electrons. The number of aromatic hydroxyl groups is 2. The molecule has 0 fully saturated rings. The first-order valence-corrected chi connectivity index (χ1v) is 5.04. The Morgan fingerprint density at radius 3 is 2.35 bits per heavy atom. The number of anilines is 1. The zero-order chi connectivity index (χ0) is 12.8. The van der Waals surface area contributed by atoms with Gasteiger partial charge in [0.05, 0.1) is 6.61 Å². The van der Waals surface area contributed by atoms with E-state index in [4.69, 9.17) is 10.2 Å². The lowest BCUT2D eigenvalue weighted by Crippen LogP contribution is -2.25. The molecule has 0 aliphatic rings. The normalized spacial score (nSPS) is 9.71. The molecule has 6 nitrogen and oxygen atoms in total. The van der Waals surface area contributed by atoms with Gasteiger partial charge >= 0.3 is 11.9 Å². The summed E-state index contributed by atoms with van der Waals surface area (Å²) in [5.74, 6) is -2.40. The zero-order valence-corrected chi connectivity index (χ0v) is 9.27. The smallest absolute Gasteiger partial charge is 0.397 e. The number of carbonyl (C=O) groups is 2. The minimum atomic E-state index is -1.00. The quantitative estimate of drug-likeness (QED) is 0.540. The van der Waals surface area contributed by atoms with Crippen LogP contribution in [0, 0.1) is 0 Å². The highest BCUT2D eigenvalue weighted by Crippen LogP contribution is 2.23. The molecule has 0 bridgehead atoms. The van der Waals surface area contributed by atoms with Crippen molar-refractivity contribution in [3.05, 3.63) is 18.2 Å². The molecule has 0 saturated heterocycles. The summed E-state index contributed by atoms with van der Waals surface area (Å²) in [6, 6.07) is 3.50. The van der Waals surface area contributed by atoms with Gasteiger partial charge in [-0.05, 0) is 6.42 Å². The molecule has 1 rings (SSSR count). The van der Waals surface area contributed by atoms with Crippen LogP contribution in [0.15, 0.2) is 18.2 Å².